The van der Waals surface area contributed by atoms with Crippen LogP contribution in [0, 0.1) is 0 Å². The van der Waals surface area contributed by atoms with Crippen LogP contribution in [0.3, 0.4) is 0 Å². The summed E-state index contributed by atoms with van der Waals surface area (Å²) in [5.74, 6) is 0. The fourth-order valence-corrected chi connectivity index (χ4v) is 3.01. The summed E-state index contributed by atoms with van der Waals surface area (Å²) >= 11 is 0. The maximum absolute atomic E-state index is 5.62. The fraction of sp³-hybridized carbons (Fsp3) is 0.462. The zero-order chi connectivity index (χ0) is 11.2. The number of fused-ring (bicyclic) bond motifs is 3. The van der Waals surface area contributed by atoms with E-state index in [4.69, 9.17) is 4.74 Å². The predicted octanol–water partition coefficient (Wildman–Crippen LogP) is 1.54. The third-order valence-corrected chi connectivity index (χ3v) is 3.92. The topological polar surface area (TPSA) is 41.1 Å². The van der Waals surface area contributed by atoms with Crippen LogP contribution in [0.1, 0.15) is 12.1 Å². The van der Waals surface area contributed by atoms with Gasteiger partial charge in [-0.25, -0.2) is 0 Å². The molecule has 0 saturated carbocycles. The number of rotatable bonds is 2. The van der Waals surface area contributed by atoms with Crippen molar-refractivity contribution >= 4 is 10.9 Å². The van der Waals surface area contributed by atoms with Gasteiger partial charge in [-0.05, 0) is 12.5 Å². The van der Waals surface area contributed by atoms with Crippen molar-refractivity contribution in [3.63, 3.8) is 0 Å². The van der Waals surface area contributed by atoms with Crippen LogP contribution in [0.4, 0.5) is 0 Å². The van der Waals surface area contributed by atoms with Crippen LogP contribution in [-0.4, -0.2) is 40.4 Å². The average Bonchev–Trinajstić information content (AvgIpc) is 3.05. The van der Waals surface area contributed by atoms with Crippen molar-refractivity contribution in [2.75, 3.05) is 13.2 Å². The summed E-state index contributed by atoms with van der Waals surface area (Å²) in [5.41, 5.74) is 2.29. The van der Waals surface area contributed by atoms with Gasteiger partial charge in [-0.2, -0.15) is 5.10 Å². The second kappa shape index (κ2) is 3.55. The van der Waals surface area contributed by atoms with Gasteiger partial charge in [-0.3, -0.25) is 10.00 Å². The first kappa shape index (κ1) is 9.62. The number of H-pyrrole nitrogens is 1. The lowest BCUT2D eigenvalue weighted by molar-refractivity contribution is 0.0270. The first-order valence-electron chi connectivity index (χ1n) is 6.18. The second-order valence-electron chi connectivity index (χ2n) is 4.99. The molecule has 2 aliphatic heterocycles. The van der Waals surface area contributed by atoms with Crippen LogP contribution in [0.25, 0.3) is 10.9 Å². The number of nitrogens with one attached hydrogen (secondary N) is 1. The number of likely N-dealkylation sites (tertiary alicyclic amines) is 1. The number of benzene rings is 1. The molecule has 1 aromatic heterocycles. The molecule has 2 aliphatic rings. The third-order valence-electron chi connectivity index (χ3n) is 3.92. The zero-order valence-electron chi connectivity index (χ0n) is 9.60. The van der Waals surface area contributed by atoms with Gasteiger partial charge >= 0.3 is 0 Å². The van der Waals surface area contributed by atoms with Gasteiger partial charge in [0, 0.05) is 24.5 Å². The van der Waals surface area contributed by atoms with E-state index in [2.05, 4.69) is 33.3 Å². The number of morpholine rings is 1. The Hall–Kier alpha value is -1.39. The van der Waals surface area contributed by atoms with E-state index in [0.717, 1.165) is 25.2 Å². The smallest absolute Gasteiger partial charge is 0.0924 e. The van der Waals surface area contributed by atoms with Gasteiger partial charge in [0.1, 0.15) is 0 Å². The maximum atomic E-state index is 5.62. The molecule has 1 aromatic carbocycles. The normalized spacial score (nSPS) is 28.2. The largest absolute Gasteiger partial charge is 0.375 e. The van der Waals surface area contributed by atoms with Crippen molar-refractivity contribution in [1.29, 1.82) is 0 Å². The van der Waals surface area contributed by atoms with E-state index in [-0.39, 0.29) is 0 Å². The van der Waals surface area contributed by atoms with Crippen LogP contribution in [0.5, 0.6) is 0 Å². The number of aromatic nitrogens is 2. The van der Waals surface area contributed by atoms with Crippen molar-refractivity contribution in [1.82, 2.24) is 15.1 Å². The highest BCUT2D eigenvalue weighted by Gasteiger charge is 2.38. The van der Waals surface area contributed by atoms with Crippen molar-refractivity contribution in [2.45, 2.75) is 25.1 Å². The Morgan fingerprint density at radius 1 is 1.41 bits per heavy atom. The molecule has 0 unspecified atom stereocenters. The number of nitrogens with zero attached hydrogens (tertiary/aromatic N) is 2. The molecule has 2 fully saturated rings. The van der Waals surface area contributed by atoms with E-state index in [1.165, 1.54) is 17.5 Å². The Morgan fingerprint density at radius 3 is 3.18 bits per heavy atom. The SMILES string of the molecule is c1ccc2c(CN3C[C@H]4C[C@@H]3CO4)[nH]nc2c1. The molecule has 88 valence electrons. The maximum Gasteiger partial charge on any atom is 0.0924 e. The molecule has 4 heteroatoms. The molecule has 0 spiro atoms. The molecule has 3 heterocycles. The van der Waals surface area contributed by atoms with Gasteiger partial charge < -0.3 is 4.74 Å². The summed E-state index contributed by atoms with van der Waals surface area (Å²) in [6, 6.07) is 8.90. The number of ether oxygens (including phenoxy) is 1. The molecule has 0 amide bonds. The van der Waals surface area contributed by atoms with E-state index >= 15 is 0 Å². The molecule has 2 saturated heterocycles. The minimum absolute atomic E-state index is 0.467. The Labute approximate surface area is 99.6 Å². The van der Waals surface area contributed by atoms with Gasteiger partial charge in [0.15, 0.2) is 0 Å². The van der Waals surface area contributed by atoms with Gasteiger partial charge in [0.05, 0.1) is 23.9 Å². The standard InChI is InChI=1S/C13H15N3O/c1-2-4-12-11(3-1)13(15-14-12)7-16-6-10-5-9(16)8-17-10/h1-4,9-10H,5-8H2,(H,14,15)/t9-,10-/m1/s1. The van der Waals surface area contributed by atoms with Gasteiger partial charge in [0.25, 0.3) is 0 Å². The fourth-order valence-electron chi connectivity index (χ4n) is 3.01. The van der Waals surface area contributed by atoms with Crippen LogP contribution in [-0.2, 0) is 11.3 Å². The highest BCUT2D eigenvalue weighted by molar-refractivity contribution is 5.81. The molecule has 2 aromatic rings. The van der Waals surface area contributed by atoms with Crippen molar-refractivity contribution in [3.05, 3.63) is 30.0 Å². The Kier molecular flexibility index (Phi) is 2.01. The highest BCUT2D eigenvalue weighted by Crippen LogP contribution is 2.29. The summed E-state index contributed by atoms with van der Waals surface area (Å²) in [6.07, 6.45) is 1.67. The van der Waals surface area contributed by atoms with E-state index in [0.29, 0.717) is 12.1 Å². The zero-order valence-corrected chi connectivity index (χ0v) is 9.60. The molecule has 2 bridgehead atoms. The Balaban J connectivity index is 1.63. The first-order valence-corrected chi connectivity index (χ1v) is 6.18. The molecular formula is C13H15N3O. The van der Waals surface area contributed by atoms with Gasteiger partial charge in [0.2, 0.25) is 0 Å². The number of para-hydroxylation sites is 1. The highest BCUT2D eigenvalue weighted by atomic mass is 16.5. The number of hydrogen-bond acceptors (Lipinski definition) is 3. The summed E-state index contributed by atoms with van der Waals surface area (Å²) in [6.45, 7) is 2.93. The summed E-state index contributed by atoms with van der Waals surface area (Å²) < 4.78 is 5.62. The second-order valence-corrected chi connectivity index (χ2v) is 4.99. The van der Waals surface area contributed by atoms with E-state index < -0.39 is 0 Å². The minimum atomic E-state index is 0.467. The number of hydrogen-bond donors (Lipinski definition) is 1. The summed E-state index contributed by atoms with van der Waals surface area (Å²) in [4.78, 5) is 2.51. The number of aromatic amines is 1. The van der Waals surface area contributed by atoms with E-state index in [9.17, 15) is 0 Å². The van der Waals surface area contributed by atoms with Crippen molar-refractivity contribution < 1.29 is 4.74 Å². The molecule has 0 aliphatic carbocycles. The molecule has 4 rings (SSSR count). The summed E-state index contributed by atoms with van der Waals surface area (Å²) in [5, 5.41) is 8.75. The summed E-state index contributed by atoms with van der Waals surface area (Å²) in [7, 11) is 0. The monoisotopic (exact) mass is 229 g/mol. The van der Waals surface area contributed by atoms with E-state index in [1.54, 1.807) is 0 Å². The first-order chi connectivity index (χ1) is 8.40. The minimum Gasteiger partial charge on any atom is -0.375 e. The Bertz CT molecular complexity index is 550. The predicted molar refractivity (Wildman–Crippen MR) is 64.6 cm³/mol. The van der Waals surface area contributed by atoms with Crippen molar-refractivity contribution in [3.8, 4) is 0 Å². The molecule has 0 radical (unpaired) electrons. The lowest BCUT2D eigenvalue weighted by Crippen LogP contribution is -2.36. The van der Waals surface area contributed by atoms with Crippen LogP contribution in [0.15, 0.2) is 24.3 Å². The van der Waals surface area contributed by atoms with Gasteiger partial charge in [-0.1, -0.05) is 18.2 Å². The van der Waals surface area contributed by atoms with Gasteiger partial charge in [-0.15, -0.1) is 0 Å². The van der Waals surface area contributed by atoms with E-state index in [1.807, 2.05) is 6.07 Å². The lowest BCUT2D eigenvalue weighted by atomic mass is 10.2. The molecular weight excluding hydrogens is 214 g/mol. The molecule has 17 heavy (non-hydrogen) atoms. The molecule has 4 nitrogen and oxygen atoms in total. The lowest BCUT2D eigenvalue weighted by Gasteiger charge is -2.25. The van der Waals surface area contributed by atoms with Crippen molar-refractivity contribution in [2.24, 2.45) is 0 Å². The molecule has 1 N–H and O–H groups in total. The average molecular weight is 229 g/mol. The molecule has 2 atom stereocenters. The third kappa shape index (κ3) is 1.48. The van der Waals surface area contributed by atoms with Crippen LogP contribution >= 0.6 is 0 Å². The quantitative estimate of drug-likeness (QED) is 0.849. The van der Waals surface area contributed by atoms with Crippen LogP contribution in [0.2, 0.25) is 0 Å². The van der Waals surface area contributed by atoms with Crippen LogP contribution < -0.4 is 0 Å². The Morgan fingerprint density at radius 2 is 2.35 bits per heavy atom.